The Morgan fingerprint density at radius 3 is 2.50 bits per heavy atom. The van der Waals surface area contributed by atoms with E-state index in [4.69, 9.17) is 15.2 Å². The first-order valence-electron chi connectivity index (χ1n) is 6.33. The lowest BCUT2D eigenvalue weighted by Crippen LogP contribution is -2.28. The zero-order valence-corrected chi connectivity index (χ0v) is 14.1. The number of ether oxygens (including phenoxy) is 2. The van der Waals surface area contributed by atoms with Gasteiger partial charge in [-0.3, -0.25) is 0 Å². The summed E-state index contributed by atoms with van der Waals surface area (Å²) in [5.41, 5.74) is 6.07. The molecule has 20 heavy (non-hydrogen) atoms. The second-order valence-electron chi connectivity index (χ2n) is 4.64. The van der Waals surface area contributed by atoms with Crippen LogP contribution in [0.5, 0.6) is 11.5 Å². The monoisotopic (exact) mass is 355 g/mol. The average Bonchev–Trinajstić information content (AvgIpc) is 2.83. The van der Waals surface area contributed by atoms with Crippen LogP contribution >= 0.6 is 27.3 Å². The van der Waals surface area contributed by atoms with Crippen LogP contribution in [-0.4, -0.2) is 13.2 Å². The molecule has 2 unspecified atom stereocenters. The van der Waals surface area contributed by atoms with E-state index < -0.39 is 0 Å². The molecule has 0 spiro atoms. The first-order valence-corrected chi connectivity index (χ1v) is 7.94. The molecule has 0 radical (unpaired) electrons. The molecule has 0 fully saturated rings. The van der Waals surface area contributed by atoms with E-state index in [0.29, 0.717) is 0 Å². The van der Waals surface area contributed by atoms with Crippen molar-refractivity contribution in [3.63, 3.8) is 0 Å². The number of aryl methyl sites for hydroxylation is 1. The molecule has 0 amide bonds. The predicted molar refractivity (Wildman–Crippen MR) is 86.8 cm³/mol. The topological polar surface area (TPSA) is 44.5 Å². The van der Waals surface area contributed by atoms with E-state index in [1.807, 2.05) is 25.1 Å². The van der Waals surface area contributed by atoms with Crippen molar-refractivity contribution in [1.82, 2.24) is 0 Å². The number of thiophene rings is 1. The highest BCUT2D eigenvalue weighted by molar-refractivity contribution is 9.10. The van der Waals surface area contributed by atoms with E-state index in [9.17, 15) is 0 Å². The lowest BCUT2D eigenvalue weighted by molar-refractivity contribution is 0.182. The fourth-order valence-corrected chi connectivity index (χ4v) is 3.35. The van der Waals surface area contributed by atoms with Gasteiger partial charge in [0, 0.05) is 15.8 Å². The first-order chi connectivity index (χ1) is 9.51. The van der Waals surface area contributed by atoms with Crippen LogP contribution in [-0.2, 0) is 0 Å². The van der Waals surface area contributed by atoms with Crippen LogP contribution in [0.3, 0.4) is 0 Å². The van der Waals surface area contributed by atoms with Gasteiger partial charge in [-0.05, 0) is 60.1 Å². The summed E-state index contributed by atoms with van der Waals surface area (Å²) in [6.07, 6.45) is -0.154. The fourth-order valence-electron chi connectivity index (χ4n) is 1.87. The molecule has 0 saturated heterocycles. The summed E-state index contributed by atoms with van der Waals surface area (Å²) in [7, 11) is 1.64. The van der Waals surface area contributed by atoms with Crippen molar-refractivity contribution in [2.75, 3.05) is 7.11 Å². The van der Waals surface area contributed by atoms with E-state index in [1.54, 1.807) is 18.4 Å². The summed E-state index contributed by atoms with van der Waals surface area (Å²) >= 11 is 5.21. The van der Waals surface area contributed by atoms with Crippen LogP contribution in [0.2, 0.25) is 0 Å². The van der Waals surface area contributed by atoms with Crippen molar-refractivity contribution in [1.29, 1.82) is 0 Å². The summed E-state index contributed by atoms with van der Waals surface area (Å²) in [5.74, 6) is 1.55. The molecule has 0 bridgehead atoms. The van der Waals surface area contributed by atoms with Gasteiger partial charge in [0.05, 0.1) is 11.6 Å². The van der Waals surface area contributed by atoms with Gasteiger partial charge < -0.3 is 15.2 Å². The molecule has 0 aliphatic heterocycles. The van der Waals surface area contributed by atoms with Gasteiger partial charge >= 0.3 is 0 Å². The summed E-state index contributed by atoms with van der Waals surface area (Å²) in [5, 5.41) is 0. The zero-order valence-electron chi connectivity index (χ0n) is 11.7. The molecule has 0 aliphatic rings. The molecular formula is C15H18BrNO2S. The zero-order chi connectivity index (χ0) is 14.7. The number of hydrogen-bond acceptors (Lipinski definition) is 4. The van der Waals surface area contributed by atoms with Crippen LogP contribution in [0.4, 0.5) is 0 Å². The van der Waals surface area contributed by atoms with Crippen molar-refractivity contribution >= 4 is 27.3 Å². The number of hydrogen-bond donors (Lipinski definition) is 1. The van der Waals surface area contributed by atoms with Crippen molar-refractivity contribution in [3.05, 3.63) is 44.6 Å². The summed E-state index contributed by atoms with van der Waals surface area (Å²) < 4.78 is 12.1. The third-order valence-electron chi connectivity index (χ3n) is 2.91. The second-order valence-corrected chi connectivity index (χ2v) is 6.82. The van der Waals surface area contributed by atoms with Crippen molar-refractivity contribution in [3.8, 4) is 11.5 Å². The maximum Gasteiger partial charge on any atom is 0.148 e. The normalized spacial score (nSPS) is 13.8. The Hall–Kier alpha value is -1.04. The largest absolute Gasteiger partial charge is 0.497 e. The number of nitrogens with two attached hydrogens (primary N) is 1. The average molecular weight is 356 g/mol. The van der Waals surface area contributed by atoms with E-state index in [2.05, 4.69) is 35.0 Å². The van der Waals surface area contributed by atoms with Crippen molar-refractivity contribution < 1.29 is 9.47 Å². The van der Waals surface area contributed by atoms with Gasteiger partial charge in [0.2, 0.25) is 0 Å². The van der Waals surface area contributed by atoms with E-state index in [0.717, 1.165) is 20.8 Å². The minimum absolute atomic E-state index is 0.0953. The maximum absolute atomic E-state index is 6.09. The Morgan fingerprint density at radius 2 is 2.00 bits per heavy atom. The van der Waals surface area contributed by atoms with Crippen LogP contribution in [0.25, 0.3) is 0 Å². The van der Waals surface area contributed by atoms with E-state index in [1.165, 1.54) is 4.88 Å². The van der Waals surface area contributed by atoms with Gasteiger partial charge in [0.25, 0.3) is 0 Å². The minimum Gasteiger partial charge on any atom is -0.497 e. The molecule has 3 nitrogen and oxygen atoms in total. The summed E-state index contributed by atoms with van der Waals surface area (Å²) in [4.78, 5) is 2.39. The molecule has 2 rings (SSSR count). The molecule has 2 atom stereocenters. The highest BCUT2D eigenvalue weighted by Crippen LogP contribution is 2.35. The number of halogens is 1. The van der Waals surface area contributed by atoms with Gasteiger partial charge in [0.15, 0.2) is 0 Å². The third-order valence-corrected chi connectivity index (χ3v) is 4.59. The Kier molecular flexibility index (Phi) is 5.07. The predicted octanol–water partition coefficient (Wildman–Crippen LogP) is 4.29. The highest BCUT2D eigenvalue weighted by Gasteiger charge is 2.21. The third kappa shape index (κ3) is 3.53. The quantitative estimate of drug-likeness (QED) is 0.869. The van der Waals surface area contributed by atoms with Crippen LogP contribution in [0.1, 0.15) is 22.8 Å². The standard InChI is InChI=1S/C15H18BrNO2S/c1-9-4-7-14(20-9)15(10(2)17)19-13-6-5-11(18-3)8-12(13)16/h4-8,10,15H,17H2,1-3H3. The Balaban J connectivity index is 2.25. The molecule has 2 N–H and O–H groups in total. The molecule has 0 aliphatic carbocycles. The Morgan fingerprint density at radius 1 is 1.25 bits per heavy atom. The smallest absolute Gasteiger partial charge is 0.148 e. The second kappa shape index (κ2) is 6.61. The lowest BCUT2D eigenvalue weighted by atomic mass is 10.1. The molecule has 1 aromatic heterocycles. The molecule has 2 aromatic rings. The van der Waals surface area contributed by atoms with Crippen molar-refractivity contribution in [2.24, 2.45) is 5.73 Å². The van der Waals surface area contributed by atoms with Crippen LogP contribution in [0, 0.1) is 6.92 Å². The van der Waals surface area contributed by atoms with Gasteiger partial charge in [0.1, 0.15) is 17.6 Å². The van der Waals surface area contributed by atoms with Gasteiger partial charge in [-0.1, -0.05) is 0 Å². The molecular weight excluding hydrogens is 338 g/mol. The molecule has 1 heterocycles. The lowest BCUT2D eigenvalue weighted by Gasteiger charge is -2.22. The van der Waals surface area contributed by atoms with E-state index >= 15 is 0 Å². The number of benzene rings is 1. The summed E-state index contributed by atoms with van der Waals surface area (Å²) in [6.45, 7) is 4.03. The van der Waals surface area contributed by atoms with Gasteiger partial charge in [-0.25, -0.2) is 0 Å². The maximum atomic E-state index is 6.09. The summed E-state index contributed by atoms with van der Waals surface area (Å²) in [6, 6.07) is 9.71. The van der Waals surface area contributed by atoms with Crippen molar-refractivity contribution in [2.45, 2.75) is 26.0 Å². The first kappa shape index (κ1) is 15.4. The van der Waals surface area contributed by atoms with E-state index in [-0.39, 0.29) is 12.1 Å². The number of methoxy groups -OCH3 is 1. The van der Waals surface area contributed by atoms with Gasteiger partial charge in [-0.2, -0.15) is 0 Å². The molecule has 1 aromatic carbocycles. The molecule has 0 saturated carbocycles. The Bertz CT molecular complexity index is 583. The van der Waals surface area contributed by atoms with Gasteiger partial charge in [-0.15, -0.1) is 11.3 Å². The highest BCUT2D eigenvalue weighted by atomic mass is 79.9. The van der Waals surface area contributed by atoms with Crippen LogP contribution in [0.15, 0.2) is 34.8 Å². The fraction of sp³-hybridized carbons (Fsp3) is 0.333. The minimum atomic E-state index is -0.154. The van der Waals surface area contributed by atoms with Crippen LogP contribution < -0.4 is 15.2 Å². The SMILES string of the molecule is COc1ccc(OC(c2ccc(C)s2)C(C)N)c(Br)c1. The molecule has 108 valence electrons. The number of rotatable bonds is 5. The molecule has 5 heteroatoms. The Labute approximate surface area is 131 Å².